The van der Waals surface area contributed by atoms with Gasteiger partial charge in [-0.1, -0.05) is 6.42 Å². The van der Waals surface area contributed by atoms with E-state index in [0.717, 1.165) is 12.8 Å². The van der Waals surface area contributed by atoms with Gasteiger partial charge in [0.05, 0.1) is 0 Å². The second kappa shape index (κ2) is 7.91. The van der Waals surface area contributed by atoms with E-state index in [1.807, 2.05) is 0 Å². The molecule has 1 atom stereocenters. The summed E-state index contributed by atoms with van der Waals surface area (Å²) in [5.41, 5.74) is 0. The molecule has 1 saturated carbocycles. The number of rotatable bonds is 4. The molecule has 0 spiro atoms. The van der Waals surface area contributed by atoms with Gasteiger partial charge in [0.15, 0.2) is 5.79 Å². The average molecular weight is 390 g/mol. The van der Waals surface area contributed by atoms with Crippen LogP contribution in [0.1, 0.15) is 25.7 Å². The van der Waals surface area contributed by atoms with Gasteiger partial charge in [0.2, 0.25) is 0 Å². The van der Waals surface area contributed by atoms with Crippen LogP contribution < -0.4 is 0 Å². The van der Waals surface area contributed by atoms with Gasteiger partial charge in [0.1, 0.15) is 6.10 Å². The standard InChI is InChI=1S/C6H12O3.H5O10P3/c7-5-3-1-2-4-6(5,8)9;1-11(2,3)9-13(7,8)10-12(4,5)6/h5,7-9H,1-4H2;(H,7,8)(H2,1,2,3)(H2,4,5,6). The monoisotopic (exact) mass is 390 g/mol. The molecular weight excluding hydrogens is 373 g/mol. The molecule has 13 nitrogen and oxygen atoms in total. The summed E-state index contributed by atoms with van der Waals surface area (Å²) in [7, 11) is -16.2. The molecule has 16 heteroatoms. The van der Waals surface area contributed by atoms with Crippen molar-refractivity contribution in [1.82, 2.24) is 0 Å². The molecule has 0 radical (unpaired) electrons. The molecule has 1 aliphatic rings. The normalized spacial score (nSPS) is 22.6. The Bertz CT molecular complexity index is 462. The Balaban J connectivity index is 0.000000425. The van der Waals surface area contributed by atoms with Crippen molar-refractivity contribution in [1.29, 1.82) is 0 Å². The highest BCUT2D eigenvalue weighted by Gasteiger charge is 2.38. The first-order valence-electron chi connectivity index (χ1n) is 5.53. The Hall–Kier alpha value is 0.290. The predicted octanol–water partition coefficient (Wildman–Crippen LogP) is -1.09. The summed E-state index contributed by atoms with van der Waals surface area (Å²) < 4.78 is 36.4. The maximum atomic E-state index is 10.4. The van der Waals surface area contributed by atoms with Gasteiger partial charge in [0, 0.05) is 6.42 Å². The number of aliphatic hydroxyl groups is 3. The van der Waals surface area contributed by atoms with Crippen LogP contribution in [-0.2, 0) is 22.3 Å². The molecule has 1 aliphatic carbocycles. The minimum absolute atomic E-state index is 0.300. The lowest BCUT2D eigenvalue weighted by Crippen LogP contribution is -2.44. The average Bonchev–Trinajstić information content (AvgIpc) is 2.15. The van der Waals surface area contributed by atoms with Crippen LogP contribution in [0.5, 0.6) is 0 Å². The van der Waals surface area contributed by atoms with E-state index >= 15 is 0 Å². The number of hydrogen-bond donors (Lipinski definition) is 8. The fourth-order valence-electron chi connectivity index (χ4n) is 1.40. The van der Waals surface area contributed by atoms with E-state index in [-0.39, 0.29) is 0 Å². The lowest BCUT2D eigenvalue weighted by Gasteiger charge is -2.31. The van der Waals surface area contributed by atoms with E-state index in [1.54, 1.807) is 0 Å². The van der Waals surface area contributed by atoms with Gasteiger partial charge in [-0.15, -0.1) is 0 Å². The largest absolute Gasteiger partial charge is 0.490 e. The predicted molar refractivity (Wildman–Crippen MR) is 67.7 cm³/mol. The van der Waals surface area contributed by atoms with E-state index in [9.17, 15) is 13.7 Å². The third-order valence-electron chi connectivity index (χ3n) is 2.23. The lowest BCUT2D eigenvalue weighted by molar-refractivity contribution is -0.240. The molecule has 0 aromatic carbocycles. The molecule has 8 N–H and O–H groups in total. The highest BCUT2D eigenvalue weighted by Crippen LogP contribution is 2.64. The van der Waals surface area contributed by atoms with Crippen LogP contribution in [0.3, 0.4) is 0 Å². The summed E-state index contributed by atoms with van der Waals surface area (Å²) in [4.78, 5) is 40.2. The van der Waals surface area contributed by atoms with Crippen molar-refractivity contribution in [2.24, 2.45) is 0 Å². The minimum atomic E-state index is -5.46. The van der Waals surface area contributed by atoms with Gasteiger partial charge in [-0.2, -0.15) is 8.62 Å². The summed E-state index contributed by atoms with van der Waals surface area (Å²) >= 11 is 0. The van der Waals surface area contributed by atoms with Crippen molar-refractivity contribution in [3.8, 4) is 0 Å². The van der Waals surface area contributed by atoms with Crippen molar-refractivity contribution in [2.45, 2.75) is 37.6 Å². The Kier molecular flexibility index (Phi) is 8.01. The van der Waals surface area contributed by atoms with Crippen LogP contribution in [0.25, 0.3) is 0 Å². The van der Waals surface area contributed by atoms with Crippen molar-refractivity contribution in [3.05, 3.63) is 0 Å². The lowest BCUT2D eigenvalue weighted by atomic mass is 9.92. The topological polar surface area (TPSA) is 232 Å². The Morgan fingerprint density at radius 2 is 1.27 bits per heavy atom. The van der Waals surface area contributed by atoms with Crippen LogP contribution in [-0.4, -0.2) is 51.7 Å². The number of phosphoric acid groups is 3. The summed E-state index contributed by atoms with van der Waals surface area (Å²) in [6.45, 7) is 0. The van der Waals surface area contributed by atoms with Gasteiger partial charge in [-0.3, -0.25) is 0 Å². The number of aliphatic hydroxyl groups excluding tert-OH is 1. The van der Waals surface area contributed by atoms with E-state index in [0.29, 0.717) is 12.8 Å². The highest BCUT2D eigenvalue weighted by molar-refractivity contribution is 7.66. The molecular formula is C6H17O13P3. The Morgan fingerprint density at radius 3 is 1.50 bits per heavy atom. The Morgan fingerprint density at radius 1 is 0.864 bits per heavy atom. The first-order chi connectivity index (χ1) is 9.54. The zero-order valence-corrected chi connectivity index (χ0v) is 13.5. The van der Waals surface area contributed by atoms with Crippen LogP contribution in [0.2, 0.25) is 0 Å². The van der Waals surface area contributed by atoms with Crippen LogP contribution in [0.4, 0.5) is 0 Å². The fourth-order valence-corrected chi connectivity index (χ4v) is 3.94. The minimum Gasteiger partial charge on any atom is -0.388 e. The van der Waals surface area contributed by atoms with E-state index in [2.05, 4.69) is 8.62 Å². The molecule has 0 heterocycles. The quantitative estimate of drug-likeness (QED) is 0.211. The van der Waals surface area contributed by atoms with Gasteiger partial charge in [-0.05, 0) is 12.8 Å². The van der Waals surface area contributed by atoms with Crippen molar-refractivity contribution in [2.75, 3.05) is 0 Å². The van der Waals surface area contributed by atoms with Gasteiger partial charge in [0.25, 0.3) is 0 Å². The first-order valence-corrected chi connectivity index (χ1v) is 10.1. The molecule has 0 aromatic heterocycles. The van der Waals surface area contributed by atoms with Gasteiger partial charge in [-0.25, -0.2) is 13.7 Å². The summed E-state index contributed by atoms with van der Waals surface area (Å²) in [6, 6.07) is 0. The van der Waals surface area contributed by atoms with E-state index in [4.69, 9.17) is 39.8 Å². The molecule has 1 rings (SSSR count). The molecule has 1 unspecified atom stereocenters. The van der Waals surface area contributed by atoms with Crippen molar-refractivity contribution in [3.63, 3.8) is 0 Å². The summed E-state index contributed by atoms with van der Waals surface area (Å²) in [5, 5.41) is 26.8. The highest BCUT2D eigenvalue weighted by atomic mass is 31.3. The molecule has 0 saturated heterocycles. The molecule has 0 amide bonds. The van der Waals surface area contributed by atoms with Crippen LogP contribution in [0, 0.1) is 0 Å². The Labute approximate surface area is 124 Å². The van der Waals surface area contributed by atoms with Gasteiger partial charge < -0.3 is 39.8 Å². The van der Waals surface area contributed by atoms with E-state index in [1.165, 1.54) is 0 Å². The fraction of sp³-hybridized carbons (Fsp3) is 1.00. The molecule has 0 aromatic rings. The maximum Gasteiger partial charge on any atom is 0.490 e. The van der Waals surface area contributed by atoms with Crippen LogP contribution in [0.15, 0.2) is 0 Å². The second-order valence-corrected chi connectivity index (χ2v) is 8.46. The molecule has 22 heavy (non-hydrogen) atoms. The summed E-state index contributed by atoms with van der Waals surface area (Å²) in [6.07, 6.45) is 1.56. The summed E-state index contributed by atoms with van der Waals surface area (Å²) in [5.74, 6) is -1.81. The zero-order chi connectivity index (χ0) is 17.8. The molecule has 1 fully saturated rings. The third-order valence-corrected chi connectivity index (χ3v) is 5.58. The maximum absolute atomic E-state index is 10.4. The van der Waals surface area contributed by atoms with Gasteiger partial charge >= 0.3 is 23.5 Å². The van der Waals surface area contributed by atoms with Crippen LogP contribution >= 0.6 is 23.5 Å². The smallest absolute Gasteiger partial charge is 0.388 e. The van der Waals surface area contributed by atoms with E-state index < -0.39 is 35.4 Å². The second-order valence-electron chi connectivity index (χ2n) is 4.25. The van der Waals surface area contributed by atoms with Crippen molar-refractivity contribution >= 4 is 23.5 Å². The SMILES string of the molecule is O=P(O)(O)OP(=O)(O)OP(=O)(O)O.OC1CCCCC1(O)O. The zero-order valence-electron chi connectivity index (χ0n) is 10.9. The molecule has 0 bridgehead atoms. The van der Waals surface area contributed by atoms with Crippen molar-refractivity contribution < 1.29 is 62.1 Å². The first kappa shape index (κ1) is 22.3. The molecule has 134 valence electrons. The third kappa shape index (κ3) is 10.9. The number of hydrogen-bond acceptors (Lipinski definition) is 8. The molecule has 0 aliphatic heterocycles.